The van der Waals surface area contributed by atoms with Crippen LogP contribution in [-0.4, -0.2) is 31.4 Å². The molecule has 2 aromatic rings. The molecule has 2 amide bonds. The maximum Gasteiger partial charge on any atom is 0.253 e. The van der Waals surface area contributed by atoms with Gasteiger partial charge in [0, 0.05) is 0 Å². The molecule has 0 radical (unpaired) electrons. The molecule has 2 rings (SSSR count). The molecule has 0 fully saturated rings. The van der Waals surface area contributed by atoms with Crippen LogP contribution in [0.4, 0.5) is 9.39 Å². The average molecular weight is 407 g/mol. The number of thiophene rings is 1. The van der Waals surface area contributed by atoms with Crippen molar-refractivity contribution in [3.63, 3.8) is 0 Å². The fraction of sp³-hybridized carbons (Fsp3) is 0.143. The summed E-state index contributed by atoms with van der Waals surface area (Å²) in [6.45, 7) is 1.20. The maximum absolute atomic E-state index is 13.1. The van der Waals surface area contributed by atoms with Crippen LogP contribution in [0.25, 0.3) is 0 Å². The van der Waals surface area contributed by atoms with Gasteiger partial charge >= 0.3 is 0 Å². The smallest absolute Gasteiger partial charge is 0.253 e. The molecule has 25 heavy (non-hydrogen) atoms. The van der Waals surface area contributed by atoms with E-state index in [0.717, 1.165) is 24.3 Å². The van der Waals surface area contributed by atoms with Gasteiger partial charge < -0.3 is 16.2 Å². The van der Waals surface area contributed by atoms with E-state index in [0.29, 0.717) is 11.3 Å². The molecule has 0 saturated carbocycles. The number of rotatable bonds is 5. The Bertz CT molecular complexity index is 956. The Morgan fingerprint density at radius 3 is 2.52 bits per heavy atom. The highest BCUT2D eigenvalue weighted by Crippen LogP contribution is 2.36. The second-order valence-corrected chi connectivity index (χ2v) is 8.52. The lowest BCUT2D eigenvalue weighted by Gasteiger charge is -2.06. The highest BCUT2D eigenvalue weighted by atomic mass is 35.5. The number of hydrogen-bond donors (Lipinski definition) is 3. The topological polar surface area (TPSA) is 127 Å². The molecule has 0 aliphatic heterocycles. The van der Waals surface area contributed by atoms with Crippen LogP contribution in [0.1, 0.15) is 17.3 Å². The minimum absolute atomic E-state index is 0.129. The zero-order valence-corrected chi connectivity index (χ0v) is 15.0. The lowest BCUT2D eigenvalue weighted by Crippen LogP contribution is -2.25. The van der Waals surface area contributed by atoms with Gasteiger partial charge in [-0.2, -0.15) is 0 Å². The summed E-state index contributed by atoms with van der Waals surface area (Å²) in [5.41, 5.74) is 4.95. The number of carbonyl (C=O) groups excluding carboxylic acids is 2. The molecule has 0 saturated heterocycles. The number of halogens is 2. The molecule has 0 unspecified atom stereocenters. The Hall–Kier alpha value is -2.01. The van der Waals surface area contributed by atoms with E-state index in [4.69, 9.17) is 17.3 Å². The van der Waals surface area contributed by atoms with E-state index >= 15 is 0 Å². The van der Waals surface area contributed by atoms with Gasteiger partial charge in [-0.15, -0.1) is 11.3 Å². The Morgan fingerprint density at radius 2 is 2.00 bits per heavy atom. The van der Waals surface area contributed by atoms with Crippen molar-refractivity contribution in [3.8, 4) is 0 Å². The number of carbonyl (C=O) groups is 2. The number of anilines is 1. The van der Waals surface area contributed by atoms with Crippen molar-refractivity contribution in [1.29, 1.82) is 0 Å². The van der Waals surface area contributed by atoms with E-state index in [1.807, 2.05) is 0 Å². The second-order valence-electron chi connectivity index (χ2n) is 4.92. The summed E-state index contributed by atoms with van der Waals surface area (Å²) in [6, 6.07) is 3.75. The summed E-state index contributed by atoms with van der Waals surface area (Å²) in [7, 11) is -4.18. The fourth-order valence-corrected chi connectivity index (χ4v) is 5.08. The highest BCUT2D eigenvalue weighted by molar-refractivity contribution is 7.93. The summed E-state index contributed by atoms with van der Waals surface area (Å²) < 4.78 is 38.1. The van der Waals surface area contributed by atoms with Gasteiger partial charge in [0.05, 0.1) is 15.5 Å². The first-order chi connectivity index (χ1) is 11.5. The van der Waals surface area contributed by atoms with Gasteiger partial charge in [-0.3, -0.25) is 9.59 Å². The average Bonchev–Trinajstić information content (AvgIpc) is 2.91. The van der Waals surface area contributed by atoms with Crippen molar-refractivity contribution in [2.45, 2.75) is 22.1 Å². The number of nitrogens with one attached hydrogen (secondary N) is 1. The van der Waals surface area contributed by atoms with Gasteiger partial charge in [0.25, 0.3) is 11.8 Å². The minimum atomic E-state index is -4.18. The molecule has 1 aromatic heterocycles. The third-order valence-corrected chi connectivity index (χ3v) is 6.80. The first-order valence-corrected chi connectivity index (χ1v) is 9.34. The second kappa shape index (κ2) is 7.08. The van der Waals surface area contributed by atoms with Crippen LogP contribution < -0.4 is 11.1 Å². The van der Waals surface area contributed by atoms with E-state index in [1.165, 1.54) is 6.92 Å². The molecule has 0 bridgehead atoms. The summed E-state index contributed by atoms with van der Waals surface area (Å²) in [5, 5.41) is 11.0. The van der Waals surface area contributed by atoms with Crippen molar-refractivity contribution in [2.24, 2.45) is 5.73 Å². The van der Waals surface area contributed by atoms with Crippen LogP contribution in [0.15, 0.2) is 33.4 Å². The quantitative estimate of drug-likeness (QED) is 0.652. The monoisotopic (exact) mass is 406 g/mol. The number of hydrogen-bond acceptors (Lipinski definition) is 6. The first-order valence-electron chi connectivity index (χ1n) is 6.66. The molecular formula is C14H12ClFN2O5S2. The van der Waals surface area contributed by atoms with Crippen LogP contribution in [0.3, 0.4) is 0 Å². The van der Waals surface area contributed by atoms with Gasteiger partial charge in [0.2, 0.25) is 9.84 Å². The SMILES string of the molecule is C[C@H](O)C(=O)Nc1sc(S(=O)(=O)c2ccc(F)cc2Cl)cc1C(N)=O. The third kappa shape index (κ3) is 3.98. The molecule has 0 aliphatic rings. The van der Waals surface area contributed by atoms with E-state index < -0.39 is 33.6 Å². The summed E-state index contributed by atoms with van der Waals surface area (Å²) >= 11 is 6.35. The minimum Gasteiger partial charge on any atom is -0.384 e. The standard InChI is InChI=1S/C14H12ClFN2O5S2/c1-6(19)13(21)18-14-8(12(17)20)5-11(24-14)25(22,23)10-3-2-7(16)4-9(10)15/h2-6,19H,1H3,(H2,17,20)(H,18,21)/t6-/m0/s1. The number of aliphatic hydroxyl groups excluding tert-OH is 1. The fourth-order valence-electron chi connectivity index (χ4n) is 1.79. The lowest BCUT2D eigenvalue weighted by molar-refractivity contribution is -0.123. The van der Waals surface area contributed by atoms with Crippen molar-refractivity contribution < 1.29 is 27.5 Å². The molecule has 0 aliphatic carbocycles. The number of aliphatic hydroxyl groups is 1. The van der Waals surface area contributed by atoms with Gasteiger partial charge in [0.15, 0.2) is 0 Å². The van der Waals surface area contributed by atoms with Gasteiger partial charge in [-0.1, -0.05) is 11.6 Å². The van der Waals surface area contributed by atoms with Gasteiger partial charge in [0.1, 0.15) is 21.1 Å². The van der Waals surface area contributed by atoms with Crippen molar-refractivity contribution in [2.75, 3.05) is 5.32 Å². The van der Waals surface area contributed by atoms with Gasteiger partial charge in [-0.25, -0.2) is 12.8 Å². The van der Waals surface area contributed by atoms with Crippen LogP contribution in [0.5, 0.6) is 0 Å². The lowest BCUT2D eigenvalue weighted by atomic mass is 10.3. The molecule has 0 spiro atoms. The summed E-state index contributed by atoms with van der Waals surface area (Å²) in [4.78, 5) is 22.7. The van der Waals surface area contributed by atoms with Crippen molar-refractivity contribution >= 4 is 49.6 Å². The number of benzene rings is 1. The maximum atomic E-state index is 13.1. The van der Waals surface area contributed by atoms with Crippen LogP contribution in [-0.2, 0) is 14.6 Å². The molecule has 11 heteroatoms. The number of sulfone groups is 1. The first kappa shape index (κ1) is 19.3. The summed E-state index contributed by atoms with van der Waals surface area (Å²) in [5.74, 6) is -2.52. The molecule has 4 N–H and O–H groups in total. The molecule has 1 aromatic carbocycles. The number of nitrogens with two attached hydrogens (primary N) is 1. The van der Waals surface area contributed by atoms with Crippen LogP contribution in [0.2, 0.25) is 5.02 Å². The van der Waals surface area contributed by atoms with Crippen LogP contribution in [0, 0.1) is 5.82 Å². The van der Waals surface area contributed by atoms with Crippen molar-refractivity contribution in [1.82, 2.24) is 0 Å². The molecule has 7 nitrogen and oxygen atoms in total. The third-order valence-electron chi connectivity index (χ3n) is 3.04. The molecular weight excluding hydrogens is 395 g/mol. The summed E-state index contributed by atoms with van der Waals surface area (Å²) in [6.07, 6.45) is -1.38. The van der Waals surface area contributed by atoms with Gasteiger partial charge in [-0.05, 0) is 31.2 Å². The predicted octanol–water partition coefficient (Wildman–Crippen LogP) is 1.79. The Balaban J connectivity index is 2.55. The van der Waals surface area contributed by atoms with E-state index in [9.17, 15) is 27.5 Å². The van der Waals surface area contributed by atoms with Crippen LogP contribution >= 0.6 is 22.9 Å². The zero-order chi connectivity index (χ0) is 18.9. The Morgan fingerprint density at radius 1 is 1.36 bits per heavy atom. The normalized spacial score (nSPS) is 12.6. The number of amides is 2. The van der Waals surface area contributed by atoms with E-state index in [1.54, 1.807) is 0 Å². The predicted molar refractivity (Wildman–Crippen MR) is 90.0 cm³/mol. The highest BCUT2D eigenvalue weighted by Gasteiger charge is 2.27. The molecule has 1 heterocycles. The molecule has 134 valence electrons. The van der Waals surface area contributed by atoms with Crippen molar-refractivity contribution in [3.05, 3.63) is 40.7 Å². The van der Waals surface area contributed by atoms with E-state index in [-0.39, 0.29) is 24.7 Å². The number of primary amides is 1. The van der Waals surface area contributed by atoms with E-state index in [2.05, 4.69) is 5.32 Å². The molecule has 1 atom stereocenters. The Kier molecular flexibility index (Phi) is 5.47. The largest absolute Gasteiger partial charge is 0.384 e. The zero-order valence-electron chi connectivity index (χ0n) is 12.6. The Labute approximate surface area is 151 Å².